The Balaban J connectivity index is 2.45. The van der Waals surface area contributed by atoms with Crippen molar-refractivity contribution in [2.45, 2.75) is 33.4 Å². The molecule has 0 saturated heterocycles. The van der Waals surface area contributed by atoms with Gasteiger partial charge in [0.25, 0.3) is 0 Å². The van der Waals surface area contributed by atoms with E-state index in [0.29, 0.717) is 12.0 Å². The highest BCUT2D eigenvalue weighted by Crippen LogP contribution is 2.07. The van der Waals surface area contributed by atoms with Crippen LogP contribution in [0.1, 0.15) is 26.5 Å². The largest absolute Gasteiger partial charge is 0.308 e. The lowest BCUT2D eigenvalue weighted by atomic mass is 10.1. The second-order valence-corrected chi connectivity index (χ2v) is 4.68. The van der Waals surface area contributed by atoms with Crippen LogP contribution in [0.4, 0.5) is 0 Å². The molecule has 0 aliphatic heterocycles. The lowest BCUT2D eigenvalue weighted by molar-refractivity contribution is 0.424. The molecule has 0 unspecified atom stereocenters. The van der Waals surface area contributed by atoms with Crippen molar-refractivity contribution in [3.8, 4) is 0 Å². The summed E-state index contributed by atoms with van der Waals surface area (Å²) < 4.78 is 0.897. The molecule has 1 atom stereocenters. The smallest absolute Gasteiger partial charge is 0.106 e. The third-order valence-corrected chi connectivity index (χ3v) is 2.82. The summed E-state index contributed by atoms with van der Waals surface area (Å²) in [5.41, 5.74) is 1.08. The van der Waals surface area contributed by atoms with Gasteiger partial charge in [-0.1, -0.05) is 19.9 Å². The van der Waals surface area contributed by atoms with E-state index in [2.05, 4.69) is 47.0 Å². The van der Waals surface area contributed by atoms with Crippen LogP contribution in [0.15, 0.2) is 22.8 Å². The van der Waals surface area contributed by atoms with Crippen LogP contribution in [0.3, 0.4) is 0 Å². The predicted molar refractivity (Wildman–Crippen MR) is 63.1 cm³/mol. The maximum Gasteiger partial charge on any atom is 0.106 e. The Bertz CT molecular complexity index is 286. The summed E-state index contributed by atoms with van der Waals surface area (Å²) in [4.78, 5) is 4.36. The molecule has 0 bridgehead atoms. The SMILES string of the molecule is CC(C)[C@@H](C)NCc1cccc(Br)n1. The fourth-order valence-electron chi connectivity index (χ4n) is 1.05. The molecule has 2 nitrogen and oxygen atoms in total. The summed E-state index contributed by atoms with van der Waals surface area (Å²) in [5.74, 6) is 0.655. The first-order chi connectivity index (χ1) is 6.59. The first-order valence-corrected chi connectivity index (χ1v) is 5.73. The third-order valence-electron chi connectivity index (χ3n) is 2.38. The molecule has 0 aliphatic carbocycles. The van der Waals surface area contributed by atoms with E-state index in [1.165, 1.54) is 0 Å². The third kappa shape index (κ3) is 3.76. The van der Waals surface area contributed by atoms with E-state index in [9.17, 15) is 0 Å². The Morgan fingerprint density at radius 2 is 2.07 bits per heavy atom. The van der Waals surface area contributed by atoms with Crippen LogP contribution < -0.4 is 5.32 Å². The summed E-state index contributed by atoms with van der Waals surface area (Å²) in [6, 6.07) is 6.50. The van der Waals surface area contributed by atoms with Crippen molar-refractivity contribution in [1.82, 2.24) is 10.3 Å². The highest BCUT2D eigenvalue weighted by atomic mass is 79.9. The molecule has 3 heteroatoms. The molecule has 0 saturated carbocycles. The molecule has 1 aromatic heterocycles. The number of pyridine rings is 1. The Hall–Kier alpha value is -0.410. The zero-order valence-corrected chi connectivity index (χ0v) is 10.5. The Kier molecular flexibility index (Phi) is 4.55. The minimum absolute atomic E-state index is 0.524. The van der Waals surface area contributed by atoms with Gasteiger partial charge in [-0.3, -0.25) is 0 Å². The van der Waals surface area contributed by atoms with Gasteiger partial charge < -0.3 is 5.32 Å². The van der Waals surface area contributed by atoms with Crippen molar-refractivity contribution in [3.05, 3.63) is 28.5 Å². The van der Waals surface area contributed by atoms with Gasteiger partial charge in [0.1, 0.15) is 4.60 Å². The fourth-order valence-corrected chi connectivity index (χ4v) is 1.43. The van der Waals surface area contributed by atoms with E-state index in [0.717, 1.165) is 16.8 Å². The van der Waals surface area contributed by atoms with Crippen molar-refractivity contribution >= 4 is 15.9 Å². The van der Waals surface area contributed by atoms with Crippen molar-refractivity contribution in [2.75, 3.05) is 0 Å². The molecule has 0 radical (unpaired) electrons. The van der Waals surface area contributed by atoms with E-state index in [4.69, 9.17) is 0 Å². The molecule has 1 aromatic rings. The van der Waals surface area contributed by atoms with E-state index in [-0.39, 0.29) is 0 Å². The molecule has 14 heavy (non-hydrogen) atoms. The minimum Gasteiger partial charge on any atom is -0.308 e. The van der Waals surface area contributed by atoms with Crippen molar-refractivity contribution in [2.24, 2.45) is 5.92 Å². The van der Waals surface area contributed by atoms with Crippen LogP contribution in [-0.4, -0.2) is 11.0 Å². The lowest BCUT2D eigenvalue weighted by Gasteiger charge is -2.16. The normalized spacial score (nSPS) is 13.2. The van der Waals surface area contributed by atoms with E-state index < -0.39 is 0 Å². The number of nitrogens with zero attached hydrogens (tertiary/aromatic N) is 1. The van der Waals surface area contributed by atoms with Gasteiger partial charge in [0.05, 0.1) is 5.69 Å². The molecule has 0 spiro atoms. The van der Waals surface area contributed by atoms with Crippen LogP contribution in [0.2, 0.25) is 0 Å². The highest BCUT2D eigenvalue weighted by Gasteiger charge is 2.05. The van der Waals surface area contributed by atoms with Crippen LogP contribution >= 0.6 is 15.9 Å². The van der Waals surface area contributed by atoms with Crippen LogP contribution in [0.25, 0.3) is 0 Å². The van der Waals surface area contributed by atoms with Crippen LogP contribution in [0, 0.1) is 5.92 Å². The topological polar surface area (TPSA) is 24.9 Å². The van der Waals surface area contributed by atoms with Gasteiger partial charge in [-0.15, -0.1) is 0 Å². The molecule has 1 heterocycles. The van der Waals surface area contributed by atoms with Crippen LogP contribution in [-0.2, 0) is 6.54 Å². The maximum atomic E-state index is 4.36. The van der Waals surface area contributed by atoms with Gasteiger partial charge >= 0.3 is 0 Å². The van der Waals surface area contributed by atoms with Gasteiger partial charge in [-0.2, -0.15) is 0 Å². The summed E-state index contributed by atoms with van der Waals surface area (Å²) in [6.45, 7) is 7.46. The van der Waals surface area contributed by atoms with Gasteiger partial charge in [0.15, 0.2) is 0 Å². The summed E-state index contributed by atoms with van der Waals surface area (Å²) in [7, 11) is 0. The fraction of sp³-hybridized carbons (Fsp3) is 0.545. The molecular formula is C11H17BrN2. The zero-order valence-electron chi connectivity index (χ0n) is 8.92. The molecule has 78 valence electrons. The van der Waals surface area contributed by atoms with Crippen molar-refractivity contribution < 1.29 is 0 Å². The predicted octanol–water partition coefficient (Wildman–Crippen LogP) is 2.98. The van der Waals surface area contributed by atoms with E-state index >= 15 is 0 Å². The molecular weight excluding hydrogens is 240 g/mol. The summed E-state index contributed by atoms with van der Waals surface area (Å²) >= 11 is 3.36. The van der Waals surface area contributed by atoms with Crippen LogP contribution in [0.5, 0.6) is 0 Å². The molecule has 0 fully saturated rings. The van der Waals surface area contributed by atoms with Crippen molar-refractivity contribution in [1.29, 1.82) is 0 Å². The Morgan fingerprint density at radius 1 is 1.36 bits per heavy atom. The maximum absolute atomic E-state index is 4.36. The highest BCUT2D eigenvalue weighted by molar-refractivity contribution is 9.10. The summed E-state index contributed by atoms with van der Waals surface area (Å²) in [5, 5.41) is 3.44. The Labute approximate surface area is 94.3 Å². The van der Waals surface area contributed by atoms with E-state index in [1.807, 2.05) is 18.2 Å². The average molecular weight is 257 g/mol. The molecule has 1 rings (SSSR count). The molecule has 0 aliphatic rings. The second-order valence-electron chi connectivity index (χ2n) is 3.87. The first-order valence-electron chi connectivity index (χ1n) is 4.94. The number of aromatic nitrogens is 1. The monoisotopic (exact) mass is 256 g/mol. The average Bonchev–Trinajstić information content (AvgIpc) is 2.14. The van der Waals surface area contributed by atoms with E-state index in [1.54, 1.807) is 0 Å². The van der Waals surface area contributed by atoms with Gasteiger partial charge in [-0.05, 0) is 40.9 Å². The second kappa shape index (κ2) is 5.47. The van der Waals surface area contributed by atoms with Crippen molar-refractivity contribution in [3.63, 3.8) is 0 Å². The molecule has 0 aromatic carbocycles. The standard InChI is InChI=1S/C11H17BrN2/c1-8(2)9(3)13-7-10-5-4-6-11(12)14-10/h4-6,8-9,13H,7H2,1-3H3/t9-/m1/s1. The quantitative estimate of drug-likeness (QED) is 0.839. The Morgan fingerprint density at radius 3 is 2.64 bits per heavy atom. The van der Waals surface area contributed by atoms with Gasteiger partial charge in [0, 0.05) is 12.6 Å². The number of rotatable bonds is 4. The molecule has 0 amide bonds. The summed E-state index contributed by atoms with van der Waals surface area (Å²) in [6.07, 6.45) is 0. The number of hydrogen-bond acceptors (Lipinski definition) is 2. The number of hydrogen-bond donors (Lipinski definition) is 1. The minimum atomic E-state index is 0.524. The molecule has 1 N–H and O–H groups in total. The first kappa shape index (κ1) is 11.7. The lowest BCUT2D eigenvalue weighted by Crippen LogP contribution is -2.30. The number of nitrogens with one attached hydrogen (secondary N) is 1. The van der Waals surface area contributed by atoms with Gasteiger partial charge in [0.2, 0.25) is 0 Å². The zero-order chi connectivity index (χ0) is 10.6. The number of halogens is 1. The van der Waals surface area contributed by atoms with Gasteiger partial charge in [-0.25, -0.2) is 4.98 Å².